The highest BCUT2D eigenvalue weighted by Crippen LogP contribution is 2.25. The van der Waals surface area contributed by atoms with E-state index < -0.39 is 6.10 Å². The van der Waals surface area contributed by atoms with Crippen LogP contribution < -0.4 is 0 Å². The minimum Gasteiger partial charge on any atom is -0.459 e. The second-order valence-corrected chi connectivity index (χ2v) is 10.3. The van der Waals surface area contributed by atoms with Crippen LogP contribution in [0.3, 0.4) is 0 Å². The van der Waals surface area contributed by atoms with Crippen molar-refractivity contribution >= 4 is 34.3 Å². The first-order valence-electron chi connectivity index (χ1n) is 11.1. The zero-order valence-corrected chi connectivity index (χ0v) is 20.2. The van der Waals surface area contributed by atoms with Gasteiger partial charge in [0.15, 0.2) is 0 Å². The summed E-state index contributed by atoms with van der Waals surface area (Å²) in [7, 11) is 0. The normalized spacial score (nSPS) is 17.8. The van der Waals surface area contributed by atoms with E-state index >= 15 is 0 Å². The highest BCUT2D eigenvalue weighted by molar-refractivity contribution is 8.13. The number of ether oxygens (including phenoxy) is 1. The van der Waals surface area contributed by atoms with Crippen molar-refractivity contribution in [3.05, 3.63) is 69.9 Å². The maximum atomic E-state index is 12.5. The van der Waals surface area contributed by atoms with Gasteiger partial charge >= 0.3 is 5.97 Å². The number of benzene rings is 1. The van der Waals surface area contributed by atoms with Crippen LogP contribution in [0.2, 0.25) is 0 Å². The smallest absolute Gasteiger partial charge is 0.348 e. The largest absolute Gasteiger partial charge is 0.459 e. The second-order valence-electron chi connectivity index (χ2n) is 8.13. The third kappa shape index (κ3) is 7.50. The van der Waals surface area contributed by atoms with Gasteiger partial charge < -0.3 is 14.7 Å². The quantitative estimate of drug-likeness (QED) is 0.373. The Balaban J connectivity index is 1.51. The molecule has 0 saturated carbocycles. The Bertz CT molecular complexity index is 910. The van der Waals surface area contributed by atoms with Crippen molar-refractivity contribution in [2.24, 2.45) is 0 Å². The van der Waals surface area contributed by atoms with Crippen molar-refractivity contribution in [2.45, 2.75) is 57.8 Å². The predicted octanol–water partition coefficient (Wildman–Crippen LogP) is 5.33. The van der Waals surface area contributed by atoms with E-state index in [1.54, 1.807) is 0 Å². The average Bonchev–Trinajstić information content (AvgIpc) is 3.23. The molecular weight excluding hydrogens is 442 g/mol. The second kappa shape index (κ2) is 12.2. The summed E-state index contributed by atoms with van der Waals surface area (Å²) in [6.45, 7) is 4.33. The number of aliphatic hydroxyl groups excluding tert-OH is 1. The molecule has 1 fully saturated rings. The molecule has 0 bridgehead atoms. The number of carbonyl (C=O) groups is 2. The number of thioether (sulfide) groups is 1. The van der Waals surface area contributed by atoms with Crippen molar-refractivity contribution < 1.29 is 19.4 Å². The van der Waals surface area contributed by atoms with Gasteiger partial charge in [0.05, 0.1) is 18.2 Å². The number of amides is 1. The third-order valence-electron chi connectivity index (χ3n) is 5.14. The minimum atomic E-state index is -0.570. The Hall–Kier alpha value is -2.09. The van der Waals surface area contributed by atoms with Gasteiger partial charge in [-0.2, -0.15) is 0 Å². The van der Waals surface area contributed by atoms with Crippen LogP contribution in [0.1, 0.15) is 46.8 Å². The first-order valence-corrected chi connectivity index (χ1v) is 12.9. The first kappa shape index (κ1) is 24.6. The van der Waals surface area contributed by atoms with Gasteiger partial charge in [-0.1, -0.05) is 54.2 Å². The fraction of sp³-hybridized carbons (Fsp3) is 0.440. The summed E-state index contributed by atoms with van der Waals surface area (Å²) in [5, 5.41) is 10.5. The van der Waals surface area contributed by atoms with Crippen LogP contribution in [0, 0.1) is 0 Å². The monoisotopic (exact) mass is 473 g/mol. The molecule has 3 rings (SSSR count). The van der Waals surface area contributed by atoms with Crippen molar-refractivity contribution in [3.63, 3.8) is 0 Å². The van der Waals surface area contributed by atoms with Crippen LogP contribution >= 0.6 is 23.1 Å². The lowest BCUT2D eigenvalue weighted by Gasteiger charge is -2.33. The summed E-state index contributed by atoms with van der Waals surface area (Å²) in [6, 6.07) is 13.7. The highest BCUT2D eigenvalue weighted by atomic mass is 32.2. The SMILES string of the molecule is CC(C)OC(=O)c1ccc(CCCN2C(=O)SCC[C@@H]2C=C[C@@H](O)Cc2ccccc2)s1. The van der Waals surface area contributed by atoms with E-state index in [0.717, 1.165) is 35.5 Å². The van der Waals surface area contributed by atoms with E-state index in [-0.39, 0.29) is 23.4 Å². The Kier molecular flexibility index (Phi) is 9.38. The standard InChI is InChI=1S/C25H31NO4S2/c1-18(2)30-24(28)23-13-12-22(32-23)9-6-15-26-20(14-16-31-25(26)29)10-11-21(27)17-19-7-4-3-5-8-19/h3-5,7-8,10-13,18,20-21,27H,6,9,14-17H2,1-2H3/t20-,21+/m0/s1. The number of nitrogens with zero attached hydrogens (tertiary/aromatic N) is 1. The number of aliphatic hydroxyl groups is 1. The topological polar surface area (TPSA) is 66.8 Å². The van der Waals surface area contributed by atoms with Gasteiger partial charge in [-0.3, -0.25) is 4.79 Å². The van der Waals surface area contributed by atoms with Crippen LogP contribution in [0.4, 0.5) is 4.79 Å². The molecule has 1 N–H and O–H groups in total. The summed E-state index contributed by atoms with van der Waals surface area (Å²) in [4.78, 5) is 28.2. The van der Waals surface area contributed by atoms with Crippen molar-refractivity contribution in [3.8, 4) is 0 Å². The number of hydrogen-bond acceptors (Lipinski definition) is 6. The van der Waals surface area contributed by atoms with Gasteiger partial charge in [0.25, 0.3) is 5.24 Å². The average molecular weight is 474 g/mol. The molecule has 1 aliphatic rings. The first-order chi connectivity index (χ1) is 15.4. The van der Waals surface area contributed by atoms with Crippen LogP contribution in [0.5, 0.6) is 0 Å². The molecule has 0 unspecified atom stereocenters. The number of hydrogen-bond donors (Lipinski definition) is 1. The number of rotatable bonds is 10. The van der Waals surface area contributed by atoms with E-state index in [1.807, 2.05) is 73.4 Å². The summed E-state index contributed by atoms with van der Waals surface area (Å²) in [6.07, 6.45) is 6.17. The lowest BCUT2D eigenvalue weighted by atomic mass is 10.1. The Morgan fingerprint density at radius 1 is 1.25 bits per heavy atom. The van der Waals surface area contributed by atoms with Crippen molar-refractivity contribution in [1.82, 2.24) is 4.90 Å². The fourth-order valence-electron chi connectivity index (χ4n) is 3.60. The molecule has 1 aromatic carbocycles. The molecule has 1 saturated heterocycles. The molecule has 0 radical (unpaired) electrons. The fourth-order valence-corrected chi connectivity index (χ4v) is 5.46. The van der Waals surface area contributed by atoms with Crippen LogP contribution in [0.25, 0.3) is 0 Å². The molecule has 1 aliphatic heterocycles. The zero-order valence-electron chi connectivity index (χ0n) is 18.6. The molecule has 2 aromatic rings. The molecule has 1 amide bonds. The summed E-state index contributed by atoms with van der Waals surface area (Å²) >= 11 is 2.81. The number of aryl methyl sites for hydroxylation is 1. The van der Waals surface area contributed by atoms with Gasteiger partial charge in [0, 0.05) is 23.6 Å². The van der Waals surface area contributed by atoms with Gasteiger partial charge in [-0.15, -0.1) is 11.3 Å². The number of thiophene rings is 1. The molecule has 1 aromatic heterocycles. The highest BCUT2D eigenvalue weighted by Gasteiger charge is 2.26. The Morgan fingerprint density at radius 3 is 2.78 bits per heavy atom. The molecular formula is C25H31NO4S2. The maximum Gasteiger partial charge on any atom is 0.348 e. The Labute approximate surface area is 198 Å². The van der Waals surface area contributed by atoms with E-state index in [4.69, 9.17) is 4.74 Å². The summed E-state index contributed by atoms with van der Waals surface area (Å²) in [5.41, 5.74) is 1.09. The molecule has 0 spiro atoms. The van der Waals surface area contributed by atoms with Crippen LogP contribution in [-0.2, 0) is 17.6 Å². The van der Waals surface area contributed by atoms with E-state index in [2.05, 4.69) is 0 Å². The minimum absolute atomic E-state index is 0.00842. The number of esters is 1. The summed E-state index contributed by atoms with van der Waals surface area (Å²) < 4.78 is 5.25. The van der Waals surface area contributed by atoms with Crippen molar-refractivity contribution in [1.29, 1.82) is 0 Å². The zero-order chi connectivity index (χ0) is 22.9. The molecule has 32 heavy (non-hydrogen) atoms. The van der Waals surface area contributed by atoms with Gasteiger partial charge in [0.2, 0.25) is 0 Å². The van der Waals surface area contributed by atoms with E-state index in [9.17, 15) is 14.7 Å². The van der Waals surface area contributed by atoms with Crippen LogP contribution in [0.15, 0.2) is 54.6 Å². The Morgan fingerprint density at radius 2 is 2.03 bits per heavy atom. The number of carbonyl (C=O) groups excluding carboxylic acids is 2. The molecule has 5 nitrogen and oxygen atoms in total. The van der Waals surface area contributed by atoms with Crippen molar-refractivity contribution in [2.75, 3.05) is 12.3 Å². The molecule has 2 heterocycles. The molecule has 2 atom stereocenters. The maximum absolute atomic E-state index is 12.5. The molecule has 7 heteroatoms. The van der Waals surface area contributed by atoms with Gasteiger partial charge in [-0.25, -0.2) is 4.79 Å². The van der Waals surface area contributed by atoms with Gasteiger partial charge in [-0.05, 0) is 50.8 Å². The lowest BCUT2D eigenvalue weighted by molar-refractivity contribution is 0.0384. The van der Waals surface area contributed by atoms with Crippen LogP contribution in [-0.4, -0.2) is 51.8 Å². The molecule has 172 valence electrons. The van der Waals surface area contributed by atoms with E-state index in [0.29, 0.717) is 17.8 Å². The third-order valence-corrected chi connectivity index (χ3v) is 7.19. The summed E-state index contributed by atoms with van der Waals surface area (Å²) in [5.74, 6) is 0.517. The molecule has 0 aliphatic carbocycles. The van der Waals surface area contributed by atoms with E-state index in [1.165, 1.54) is 23.1 Å². The lowest BCUT2D eigenvalue weighted by Crippen LogP contribution is -2.41. The predicted molar refractivity (Wildman–Crippen MR) is 131 cm³/mol. The van der Waals surface area contributed by atoms with Gasteiger partial charge in [0.1, 0.15) is 4.88 Å².